The molecule has 106 valence electrons. The number of methoxy groups -OCH3 is 1. The molecule has 0 aliphatic heterocycles. The van der Waals surface area contributed by atoms with Gasteiger partial charge in [0.2, 0.25) is 5.95 Å². The fourth-order valence-corrected chi connectivity index (χ4v) is 1.09. The average molecular weight is 289 g/mol. The summed E-state index contributed by atoms with van der Waals surface area (Å²) in [6, 6.07) is 0.0484. The lowest BCUT2D eigenvalue weighted by molar-refractivity contribution is -0.274. The molecule has 1 aromatic heterocycles. The predicted octanol–water partition coefficient (Wildman–Crippen LogP) is 2.84. The van der Waals surface area contributed by atoms with Gasteiger partial charge in [0.1, 0.15) is 0 Å². The summed E-state index contributed by atoms with van der Waals surface area (Å²) in [5.74, 6) is -4.61. The second-order valence-electron chi connectivity index (χ2n) is 3.06. The van der Waals surface area contributed by atoms with Crippen molar-refractivity contribution >= 4 is 5.97 Å². The van der Waals surface area contributed by atoms with Crippen LogP contribution in [0.1, 0.15) is 22.5 Å². The van der Waals surface area contributed by atoms with Crippen molar-refractivity contribution in [1.29, 1.82) is 0 Å². The number of ether oxygens (including phenoxy) is 2. The van der Waals surface area contributed by atoms with Gasteiger partial charge in [0.15, 0.2) is 11.4 Å². The molecule has 0 radical (unpaired) electrons. The van der Waals surface area contributed by atoms with Crippen LogP contribution < -0.4 is 4.74 Å². The van der Waals surface area contributed by atoms with Crippen LogP contribution >= 0.6 is 0 Å². The molecule has 0 aromatic carbocycles. The average Bonchev–Trinajstić information content (AvgIpc) is 2.27. The fourth-order valence-electron chi connectivity index (χ4n) is 1.09. The molecule has 0 spiro atoms. The van der Waals surface area contributed by atoms with Crippen molar-refractivity contribution in [3.05, 3.63) is 23.3 Å². The van der Waals surface area contributed by atoms with Crippen LogP contribution in [0.15, 0.2) is 6.07 Å². The van der Waals surface area contributed by atoms with E-state index in [1.807, 2.05) is 0 Å². The number of hydrogen-bond acceptors (Lipinski definition) is 4. The van der Waals surface area contributed by atoms with Gasteiger partial charge in [-0.15, -0.1) is 13.2 Å². The summed E-state index contributed by atoms with van der Waals surface area (Å²) < 4.78 is 81.2. The number of halogens is 6. The smallest absolute Gasteiger partial charge is 0.464 e. The number of pyridine rings is 1. The first kappa shape index (κ1) is 15.1. The number of esters is 1. The van der Waals surface area contributed by atoms with E-state index in [-0.39, 0.29) is 6.07 Å². The minimum Gasteiger partial charge on any atom is -0.464 e. The fraction of sp³-hybridized carbons (Fsp3) is 0.333. The molecule has 0 aliphatic rings. The van der Waals surface area contributed by atoms with E-state index < -0.39 is 41.7 Å². The second kappa shape index (κ2) is 5.33. The zero-order chi connectivity index (χ0) is 14.8. The molecule has 1 rings (SSSR count). The van der Waals surface area contributed by atoms with Crippen molar-refractivity contribution in [2.24, 2.45) is 0 Å². The van der Waals surface area contributed by atoms with E-state index >= 15 is 0 Å². The Bertz CT molecular complexity index is 488. The Labute approximate surface area is 101 Å². The van der Waals surface area contributed by atoms with Crippen LogP contribution in [-0.4, -0.2) is 24.4 Å². The van der Waals surface area contributed by atoms with Crippen molar-refractivity contribution in [2.45, 2.75) is 12.8 Å². The Morgan fingerprint density at radius 1 is 1.37 bits per heavy atom. The maximum Gasteiger partial charge on any atom is 0.573 e. The molecule has 10 heteroatoms. The van der Waals surface area contributed by atoms with E-state index in [2.05, 4.69) is 14.5 Å². The van der Waals surface area contributed by atoms with E-state index in [0.717, 1.165) is 7.11 Å². The number of alkyl halides is 5. The van der Waals surface area contributed by atoms with E-state index in [9.17, 15) is 31.1 Å². The van der Waals surface area contributed by atoms with Gasteiger partial charge in [-0.3, -0.25) is 0 Å². The topological polar surface area (TPSA) is 48.4 Å². The molecule has 0 N–H and O–H groups in total. The molecular formula is C9H5F6NO3. The van der Waals surface area contributed by atoms with Gasteiger partial charge >= 0.3 is 12.3 Å². The SMILES string of the molecule is COC(=O)c1nc(F)c(C(F)F)cc1OC(F)(F)F. The highest BCUT2D eigenvalue weighted by Crippen LogP contribution is 2.31. The number of carbonyl (C=O) groups excluding carboxylic acids is 1. The minimum atomic E-state index is -5.26. The molecule has 1 aromatic rings. The molecule has 0 saturated carbocycles. The maximum absolute atomic E-state index is 13.1. The third kappa shape index (κ3) is 3.73. The lowest BCUT2D eigenvalue weighted by Crippen LogP contribution is -2.21. The standard InChI is InChI=1S/C9H5F6NO3/c1-18-8(17)5-4(19-9(13,14)15)2-3(6(10)11)7(12)16-5/h2,6H,1H3. The van der Waals surface area contributed by atoms with Gasteiger partial charge in [-0.1, -0.05) is 0 Å². The highest BCUT2D eigenvalue weighted by molar-refractivity contribution is 5.90. The van der Waals surface area contributed by atoms with Crippen LogP contribution in [0.4, 0.5) is 26.3 Å². The van der Waals surface area contributed by atoms with E-state index in [1.54, 1.807) is 0 Å². The van der Waals surface area contributed by atoms with E-state index in [4.69, 9.17) is 0 Å². The summed E-state index contributed by atoms with van der Waals surface area (Å²) in [6.07, 6.45) is -8.68. The van der Waals surface area contributed by atoms with Gasteiger partial charge in [-0.05, 0) is 6.07 Å². The largest absolute Gasteiger partial charge is 0.573 e. The highest BCUT2D eigenvalue weighted by Gasteiger charge is 2.35. The Kier molecular flexibility index (Phi) is 4.22. The van der Waals surface area contributed by atoms with Crippen molar-refractivity contribution in [3.8, 4) is 5.75 Å². The maximum atomic E-state index is 13.1. The van der Waals surface area contributed by atoms with Gasteiger partial charge in [0.25, 0.3) is 6.43 Å². The normalized spacial score (nSPS) is 11.6. The molecule has 4 nitrogen and oxygen atoms in total. The van der Waals surface area contributed by atoms with Gasteiger partial charge in [0.05, 0.1) is 12.7 Å². The van der Waals surface area contributed by atoms with Crippen molar-refractivity contribution in [3.63, 3.8) is 0 Å². The molecule has 0 bridgehead atoms. The molecular weight excluding hydrogens is 284 g/mol. The molecule has 19 heavy (non-hydrogen) atoms. The van der Waals surface area contributed by atoms with Crippen LogP contribution in [0.2, 0.25) is 0 Å². The minimum absolute atomic E-state index is 0.0484. The van der Waals surface area contributed by atoms with Gasteiger partial charge < -0.3 is 9.47 Å². The molecule has 0 unspecified atom stereocenters. The lowest BCUT2D eigenvalue weighted by Gasteiger charge is -2.13. The number of carbonyl (C=O) groups is 1. The number of hydrogen-bond donors (Lipinski definition) is 0. The Morgan fingerprint density at radius 3 is 2.37 bits per heavy atom. The van der Waals surface area contributed by atoms with Crippen LogP contribution in [0.25, 0.3) is 0 Å². The number of nitrogens with zero attached hydrogens (tertiary/aromatic N) is 1. The summed E-state index contributed by atoms with van der Waals surface area (Å²) in [7, 11) is 0.792. The molecule has 1 heterocycles. The highest BCUT2D eigenvalue weighted by atomic mass is 19.4. The van der Waals surface area contributed by atoms with Gasteiger partial charge in [0, 0.05) is 0 Å². The number of aromatic nitrogens is 1. The number of rotatable bonds is 3. The third-order valence-electron chi connectivity index (χ3n) is 1.81. The molecule has 0 aliphatic carbocycles. The van der Waals surface area contributed by atoms with Crippen LogP contribution in [0.5, 0.6) is 5.75 Å². The monoisotopic (exact) mass is 289 g/mol. The summed E-state index contributed by atoms with van der Waals surface area (Å²) in [5.41, 5.74) is -2.62. The lowest BCUT2D eigenvalue weighted by atomic mass is 10.2. The first-order chi connectivity index (χ1) is 8.65. The van der Waals surface area contributed by atoms with Crippen molar-refractivity contribution < 1.29 is 40.6 Å². The van der Waals surface area contributed by atoms with E-state index in [1.165, 1.54) is 0 Å². The molecule has 0 fully saturated rings. The summed E-state index contributed by atoms with van der Waals surface area (Å²) in [6.45, 7) is 0. The van der Waals surface area contributed by atoms with E-state index in [0.29, 0.717) is 0 Å². The Morgan fingerprint density at radius 2 is 1.95 bits per heavy atom. The van der Waals surface area contributed by atoms with Crippen LogP contribution in [0, 0.1) is 5.95 Å². The van der Waals surface area contributed by atoms with Crippen molar-refractivity contribution in [1.82, 2.24) is 4.98 Å². The quantitative estimate of drug-likeness (QED) is 0.488. The van der Waals surface area contributed by atoms with Gasteiger partial charge in [-0.25, -0.2) is 18.6 Å². The molecule has 0 amide bonds. The zero-order valence-electron chi connectivity index (χ0n) is 9.09. The predicted molar refractivity (Wildman–Crippen MR) is 47.2 cm³/mol. The Hall–Kier alpha value is -2.00. The first-order valence-electron chi connectivity index (χ1n) is 4.48. The summed E-state index contributed by atoms with van der Waals surface area (Å²) in [4.78, 5) is 13.8. The summed E-state index contributed by atoms with van der Waals surface area (Å²) >= 11 is 0. The van der Waals surface area contributed by atoms with Crippen LogP contribution in [-0.2, 0) is 4.74 Å². The molecule has 0 saturated heterocycles. The van der Waals surface area contributed by atoms with Gasteiger partial charge in [-0.2, -0.15) is 4.39 Å². The van der Waals surface area contributed by atoms with Crippen molar-refractivity contribution in [2.75, 3.05) is 7.11 Å². The Balaban J connectivity index is 3.37. The third-order valence-corrected chi connectivity index (χ3v) is 1.81. The first-order valence-corrected chi connectivity index (χ1v) is 4.48. The second-order valence-corrected chi connectivity index (χ2v) is 3.06. The molecule has 0 atom stereocenters. The zero-order valence-corrected chi connectivity index (χ0v) is 9.09. The van der Waals surface area contributed by atoms with Crippen LogP contribution in [0.3, 0.4) is 0 Å². The summed E-state index contributed by atoms with van der Waals surface area (Å²) in [5, 5.41) is 0.